The van der Waals surface area contributed by atoms with E-state index in [-0.39, 0.29) is 4.75 Å². The van der Waals surface area contributed by atoms with Gasteiger partial charge in [-0.2, -0.15) is 0 Å². The van der Waals surface area contributed by atoms with E-state index in [9.17, 15) is 0 Å². The van der Waals surface area contributed by atoms with Crippen LogP contribution < -0.4 is 0 Å². The molecule has 47 heavy (non-hydrogen) atoms. The molecule has 0 aromatic heterocycles. The van der Waals surface area contributed by atoms with Crippen LogP contribution in [0, 0.1) is 30.6 Å². The van der Waals surface area contributed by atoms with Crippen molar-refractivity contribution in [1.29, 1.82) is 0 Å². The Kier molecular flexibility index (Phi) is 17.0. The second-order valence-corrected chi connectivity index (χ2v) is 15.9. The number of piperidine rings is 1. The maximum absolute atomic E-state index is 4.90. The number of likely N-dealkylation sites (tertiary alicyclic amines) is 1. The Morgan fingerprint density at radius 1 is 0.660 bits per heavy atom. The van der Waals surface area contributed by atoms with Gasteiger partial charge in [-0.15, -0.1) is 11.8 Å². The van der Waals surface area contributed by atoms with Gasteiger partial charge in [0.1, 0.15) is 0 Å². The molecule has 3 aromatic carbocycles. The largest absolute Gasteiger partial charge is 0.303 e. The molecule has 1 radical (unpaired) electrons. The minimum absolute atomic E-state index is 0.211. The fourth-order valence-corrected chi connectivity index (χ4v) is 9.55. The summed E-state index contributed by atoms with van der Waals surface area (Å²) in [5.41, 5.74) is 4.09. The molecule has 1 saturated heterocycles. The molecule has 1 nitrogen and oxygen atoms in total. The van der Waals surface area contributed by atoms with Crippen molar-refractivity contribution in [3.63, 3.8) is 0 Å². The van der Waals surface area contributed by atoms with E-state index >= 15 is 0 Å². The molecule has 0 N–H and O–H groups in total. The summed E-state index contributed by atoms with van der Waals surface area (Å²) >= 11 is 2.11. The van der Waals surface area contributed by atoms with Crippen molar-refractivity contribution >= 4 is 11.8 Å². The fraction of sp³-hybridized carbons (Fsp3) is 0.578. The average molecular weight is 653 g/mol. The minimum Gasteiger partial charge on any atom is -0.303 e. The monoisotopic (exact) mass is 652 g/mol. The molecular formula is C45H66NS. The molecule has 1 heterocycles. The third-order valence-corrected chi connectivity index (χ3v) is 12.7. The van der Waals surface area contributed by atoms with Crippen molar-refractivity contribution in [3.05, 3.63) is 115 Å². The van der Waals surface area contributed by atoms with Gasteiger partial charge in [0.05, 0.1) is 4.75 Å². The quantitative estimate of drug-likeness (QED) is 0.0785. The second kappa shape index (κ2) is 21.1. The number of hydrogen-bond donors (Lipinski definition) is 0. The van der Waals surface area contributed by atoms with E-state index in [1.165, 1.54) is 126 Å². The van der Waals surface area contributed by atoms with Crippen LogP contribution in [0.25, 0.3) is 0 Å². The first-order valence-corrected chi connectivity index (χ1v) is 20.4. The molecule has 0 spiro atoms. The number of benzene rings is 3. The highest BCUT2D eigenvalue weighted by Gasteiger charge is 2.37. The molecular weight excluding hydrogens is 587 g/mol. The number of unbranched alkanes of at least 4 members (excludes halogenated alkanes) is 5. The van der Waals surface area contributed by atoms with E-state index in [4.69, 9.17) is 6.92 Å². The minimum atomic E-state index is -0.211. The molecule has 1 aliphatic heterocycles. The lowest BCUT2D eigenvalue weighted by Crippen LogP contribution is -2.38. The first-order valence-electron chi connectivity index (χ1n) is 19.4. The average Bonchev–Trinajstić information content (AvgIpc) is 3.13. The first kappa shape index (κ1) is 37.8. The number of nitrogens with zero attached hydrogens (tertiary/aromatic N) is 1. The van der Waals surface area contributed by atoms with Crippen LogP contribution in [0.3, 0.4) is 0 Å². The van der Waals surface area contributed by atoms with Crippen LogP contribution in [0.2, 0.25) is 0 Å². The molecule has 4 rings (SSSR count). The van der Waals surface area contributed by atoms with E-state index in [1.807, 2.05) is 0 Å². The van der Waals surface area contributed by atoms with Gasteiger partial charge in [0.25, 0.3) is 0 Å². The molecule has 1 aliphatic rings. The molecule has 0 amide bonds. The predicted molar refractivity (Wildman–Crippen MR) is 209 cm³/mol. The molecule has 1 fully saturated rings. The topological polar surface area (TPSA) is 3.24 Å². The standard InChI is InChI=1S/C45H66NS/c1-5-7-9-14-22-38(3)30-31-40(23-13-8-6-2)39(4)41-32-35-46(36-33-41)34-21-37-47-45(42-24-15-10-16-25-42,43-26-17-11-18-27-43)44-28-19-12-20-29-44/h10-12,15-20,24-29,38-41H,4-9,13-14,21-23,30-37H2,1-3H3. The van der Waals surface area contributed by atoms with Crippen LogP contribution in [-0.2, 0) is 4.75 Å². The maximum Gasteiger partial charge on any atom is 0.0906 e. The summed E-state index contributed by atoms with van der Waals surface area (Å²) < 4.78 is -0.211. The Bertz CT molecular complexity index is 1090. The SMILES string of the molecule is [CH2]C(C(CCCCC)CCC(C)CCCCCC)C1CCN(CCCSC(c2ccccc2)(c2ccccc2)c2ccccc2)CC1. The van der Waals surface area contributed by atoms with Gasteiger partial charge in [0.15, 0.2) is 0 Å². The van der Waals surface area contributed by atoms with Crippen LogP contribution in [0.15, 0.2) is 91.0 Å². The normalized spacial score (nSPS) is 16.6. The van der Waals surface area contributed by atoms with Crippen LogP contribution in [0.5, 0.6) is 0 Å². The number of thioether (sulfide) groups is 1. The lowest BCUT2D eigenvalue weighted by molar-refractivity contribution is 0.127. The van der Waals surface area contributed by atoms with Gasteiger partial charge < -0.3 is 4.90 Å². The van der Waals surface area contributed by atoms with Crippen LogP contribution in [-0.4, -0.2) is 30.3 Å². The zero-order valence-electron chi connectivity index (χ0n) is 30.3. The van der Waals surface area contributed by atoms with E-state index in [0.29, 0.717) is 5.92 Å². The van der Waals surface area contributed by atoms with Gasteiger partial charge in [-0.25, -0.2) is 0 Å². The highest BCUT2D eigenvalue weighted by atomic mass is 32.2. The van der Waals surface area contributed by atoms with Crippen molar-refractivity contribution in [3.8, 4) is 0 Å². The van der Waals surface area contributed by atoms with Crippen molar-refractivity contribution in [2.24, 2.45) is 23.7 Å². The molecule has 0 saturated carbocycles. The summed E-state index contributed by atoms with van der Waals surface area (Å²) in [6.07, 6.45) is 19.2. The predicted octanol–water partition coefficient (Wildman–Crippen LogP) is 12.8. The molecule has 257 valence electrons. The smallest absolute Gasteiger partial charge is 0.0906 e. The van der Waals surface area contributed by atoms with Gasteiger partial charge in [0, 0.05) is 0 Å². The Morgan fingerprint density at radius 3 is 1.70 bits per heavy atom. The fourth-order valence-electron chi connectivity index (χ4n) is 8.06. The van der Waals surface area contributed by atoms with E-state index < -0.39 is 0 Å². The van der Waals surface area contributed by atoms with Crippen LogP contribution in [0.1, 0.15) is 127 Å². The zero-order valence-corrected chi connectivity index (χ0v) is 31.1. The Labute approximate surface area is 294 Å². The van der Waals surface area contributed by atoms with Gasteiger partial charge in [-0.1, -0.05) is 176 Å². The third kappa shape index (κ3) is 11.5. The van der Waals surface area contributed by atoms with Gasteiger partial charge in [-0.05, 0) is 98.4 Å². The lowest BCUT2D eigenvalue weighted by atomic mass is 9.73. The summed E-state index contributed by atoms with van der Waals surface area (Å²) in [4.78, 5) is 2.75. The summed E-state index contributed by atoms with van der Waals surface area (Å²) in [6.45, 7) is 15.8. The Hall–Kier alpha value is -2.03. The summed E-state index contributed by atoms with van der Waals surface area (Å²) in [6, 6.07) is 33.5. The molecule has 0 aliphatic carbocycles. The summed E-state index contributed by atoms with van der Waals surface area (Å²) in [5, 5.41) is 0. The molecule has 0 bridgehead atoms. The lowest BCUT2D eigenvalue weighted by Gasteiger charge is -2.39. The summed E-state index contributed by atoms with van der Waals surface area (Å²) in [7, 11) is 0. The molecule has 3 atom stereocenters. The van der Waals surface area contributed by atoms with Gasteiger partial charge >= 0.3 is 0 Å². The van der Waals surface area contributed by atoms with Gasteiger partial charge in [-0.3, -0.25) is 0 Å². The van der Waals surface area contributed by atoms with Crippen molar-refractivity contribution in [1.82, 2.24) is 4.90 Å². The zero-order chi connectivity index (χ0) is 33.2. The van der Waals surface area contributed by atoms with Crippen molar-refractivity contribution in [2.75, 3.05) is 25.4 Å². The van der Waals surface area contributed by atoms with E-state index in [1.54, 1.807) is 0 Å². The Balaban J connectivity index is 1.30. The van der Waals surface area contributed by atoms with Crippen molar-refractivity contribution in [2.45, 2.75) is 115 Å². The summed E-state index contributed by atoms with van der Waals surface area (Å²) in [5.74, 6) is 4.24. The number of hydrogen-bond acceptors (Lipinski definition) is 2. The van der Waals surface area contributed by atoms with Gasteiger partial charge in [0.2, 0.25) is 0 Å². The van der Waals surface area contributed by atoms with Crippen LogP contribution >= 0.6 is 11.8 Å². The third-order valence-electron chi connectivity index (χ3n) is 11.1. The molecule has 3 unspecified atom stereocenters. The first-order chi connectivity index (χ1) is 23.1. The second-order valence-electron chi connectivity index (χ2n) is 14.6. The molecule has 3 aromatic rings. The molecule has 2 heteroatoms. The van der Waals surface area contributed by atoms with Crippen molar-refractivity contribution < 1.29 is 0 Å². The van der Waals surface area contributed by atoms with E-state index in [2.05, 4.69) is 128 Å². The Morgan fingerprint density at radius 2 is 1.17 bits per heavy atom. The highest BCUT2D eigenvalue weighted by molar-refractivity contribution is 8.00. The van der Waals surface area contributed by atoms with E-state index in [0.717, 1.165) is 23.5 Å². The van der Waals surface area contributed by atoms with Crippen LogP contribution in [0.4, 0.5) is 0 Å². The maximum atomic E-state index is 4.90. The number of rotatable bonds is 22. The highest BCUT2D eigenvalue weighted by Crippen LogP contribution is 2.48.